The lowest BCUT2D eigenvalue weighted by molar-refractivity contribution is 0.484. The van der Waals surface area contributed by atoms with E-state index in [1.165, 1.54) is 0 Å². The highest BCUT2D eigenvalue weighted by Gasteiger charge is 1.98. The number of hydrogen-bond donors (Lipinski definition) is 1. The Bertz CT molecular complexity index is 229. The van der Waals surface area contributed by atoms with Gasteiger partial charge in [0.2, 0.25) is 0 Å². The predicted octanol–water partition coefficient (Wildman–Crippen LogP) is 1.19. The highest BCUT2D eigenvalue weighted by molar-refractivity contribution is 4.94. The van der Waals surface area contributed by atoms with Crippen LogP contribution in [0.3, 0.4) is 0 Å². The molecule has 0 radical (unpaired) electrons. The number of aromatic nitrogens is 2. The van der Waals surface area contributed by atoms with Gasteiger partial charge >= 0.3 is 0 Å². The molecule has 0 bridgehead atoms. The monoisotopic (exact) mass is 167 g/mol. The van der Waals surface area contributed by atoms with Crippen LogP contribution in [0.2, 0.25) is 0 Å². The van der Waals surface area contributed by atoms with Gasteiger partial charge in [-0.2, -0.15) is 5.10 Å². The van der Waals surface area contributed by atoms with Gasteiger partial charge < -0.3 is 5.32 Å². The topological polar surface area (TPSA) is 29.9 Å². The van der Waals surface area contributed by atoms with Crippen molar-refractivity contribution in [3.05, 3.63) is 18.0 Å². The molecule has 1 rings (SSSR count). The Balaban J connectivity index is 2.33. The largest absolute Gasteiger partial charge is 0.317 e. The van der Waals surface area contributed by atoms with Gasteiger partial charge in [-0.3, -0.25) is 4.68 Å². The summed E-state index contributed by atoms with van der Waals surface area (Å²) in [4.78, 5) is 0. The van der Waals surface area contributed by atoms with E-state index in [9.17, 15) is 0 Å². The molecule has 0 spiro atoms. The van der Waals surface area contributed by atoms with E-state index < -0.39 is 0 Å². The molecule has 0 saturated heterocycles. The first-order valence-corrected chi connectivity index (χ1v) is 4.39. The highest BCUT2D eigenvalue weighted by Crippen LogP contribution is 1.97. The molecule has 0 fully saturated rings. The molecule has 0 aliphatic rings. The molecule has 1 aromatic rings. The minimum absolute atomic E-state index is 0.564. The molecule has 0 aliphatic carbocycles. The fourth-order valence-electron chi connectivity index (χ4n) is 1.06. The average Bonchev–Trinajstić information content (AvgIpc) is 2.47. The summed E-state index contributed by atoms with van der Waals surface area (Å²) in [6.45, 7) is 5.18. The Morgan fingerprint density at radius 3 is 2.92 bits per heavy atom. The summed E-state index contributed by atoms with van der Waals surface area (Å²) in [7, 11) is 1.99. The van der Waals surface area contributed by atoms with E-state index in [1.54, 1.807) is 0 Å². The summed E-state index contributed by atoms with van der Waals surface area (Å²) in [5.41, 5.74) is 1.09. The standard InChI is InChI=1S/C9H17N3/c1-8(10-3)4-6-12-7-5-9(2)11-12/h5,7-8,10H,4,6H2,1-3H3. The summed E-state index contributed by atoms with van der Waals surface area (Å²) in [6, 6.07) is 2.60. The summed E-state index contributed by atoms with van der Waals surface area (Å²) >= 11 is 0. The average molecular weight is 167 g/mol. The van der Waals surface area contributed by atoms with Crippen LogP contribution in [0.15, 0.2) is 12.3 Å². The third kappa shape index (κ3) is 2.66. The third-order valence-corrected chi connectivity index (χ3v) is 2.06. The molecule has 0 aromatic carbocycles. The predicted molar refractivity (Wildman–Crippen MR) is 50.1 cm³/mol. The van der Waals surface area contributed by atoms with Crippen molar-refractivity contribution >= 4 is 0 Å². The summed E-state index contributed by atoms with van der Waals surface area (Å²) < 4.78 is 1.99. The van der Waals surface area contributed by atoms with Crippen molar-refractivity contribution in [2.45, 2.75) is 32.9 Å². The van der Waals surface area contributed by atoms with Gasteiger partial charge in [0.1, 0.15) is 0 Å². The van der Waals surface area contributed by atoms with Crippen molar-refractivity contribution in [2.75, 3.05) is 7.05 Å². The molecule has 3 heteroatoms. The lowest BCUT2D eigenvalue weighted by atomic mass is 10.2. The van der Waals surface area contributed by atoms with Crippen LogP contribution < -0.4 is 5.32 Å². The molecule has 0 saturated carbocycles. The van der Waals surface area contributed by atoms with Crippen LogP contribution in [0.5, 0.6) is 0 Å². The molecule has 1 aromatic heterocycles. The molecule has 0 aliphatic heterocycles. The van der Waals surface area contributed by atoms with Gasteiger partial charge in [-0.1, -0.05) is 0 Å². The first-order valence-electron chi connectivity index (χ1n) is 4.39. The molecule has 1 atom stereocenters. The zero-order chi connectivity index (χ0) is 8.97. The second-order valence-corrected chi connectivity index (χ2v) is 3.20. The van der Waals surface area contributed by atoms with Gasteiger partial charge in [-0.05, 0) is 33.4 Å². The SMILES string of the molecule is CNC(C)CCn1ccc(C)n1. The van der Waals surface area contributed by atoms with Gasteiger partial charge in [-0.25, -0.2) is 0 Å². The van der Waals surface area contributed by atoms with Crippen molar-refractivity contribution in [2.24, 2.45) is 0 Å². The number of hydrogen-bond acceptors (Lipinski definition) is 2. The minimum atomic E-state index is 0.564. The molecule has 1 unspecified atom stereocenters. The van der Waals surface area contributed by atoms with E-state index >= 15 is 0 Å². The number of rotatable bonds is 4. The maximum absolute atomic E-state index is 4.31. The number of aryl methyl sites for hydroxylation is 2. The second-order valence-electron chi connectivity index (χ2n) is 3.20. The molecule has 1 heterocycles. The van der Waals surface area contributed by atoms with Crippen LogP contribution in [0, 0.1) is 6.92 Å². The van der Waals surface area contributed by atoms with Crippen molar-refractivity contribution in [1.29, 1.82) is 0 Å². The van der Waals surface area contributed by atoms with Crippen LogP contribution in [0.4, 0.5) is 0 Å². The maximum atomic E-state index is 4.31. The van der Waals surface area contributed by atoms with Crippen molar-refractivity contribution in [1.82, 2.24) is 15.1 Å². The van der Waals surface area contributed by atoms with Gasteiger partial charge in [0.05, 0.1) is 5.69 Å². The third-order valence-electron chi connectivity index (χ3n) is 2.06. The van der Waals surface area contributed by atoms with Gasteiger partial charge in [0, 0.05) is 18.8 Å². The minimum Gasteiger partial charge on any atom is -0.317 e. The Morgan fingerprint density at radius 1 is 1.67 bits per heavy atom. The van der Waals surface area contributed by atoms with E-state index in [0.717, 1.165) is 18.7 Å². The van der Waals surface area contributed by atoms with Crippen LogP contribution >= 0.6 is 0 Å². The van der Waals surface area contributed by atoms with Crippen molar-refractivity contribution < 1.29 is 0 Å². The van der Waals surface area contributed by atoms with E-state index in [-0.39, 0.29) is 0 Å². The molecule has 12 heavy (non-hydrogen) atoms. The summed E-state index contributed by atoms with van der Waals surface area (Å²) in [5.74, 6) is 0. The van der Waals surface area contributed by atoms with Gasteiger partial charge in [0.25, 0.3) is 0 Å². The summed E-state index contributed by atoms with van der Waals surface area (Å²) in [5, 5.41) is 7.51. The molecular formula is C9H17N3. The number of nitrogens with zero attached hydrogens (tertiary/aromatic N) is 2. The normalized spacial score (nSPS) is 13.2. The van der Waals surface area contributed by atoms with E-state index in [0.29, 0.717) is 6.04 Å². The Hall–Kier alpha value is -0.830. The van der Waals surface area contributed by atoms with Crippen LogP contribution in [-0.4, -0.2) is 22.9 Å². The lowest BCUT2D eigenvalue weighted by Gasteiger charge is -2.08. The van der Waals surface area contributed by atoms with E-state index in [1.807, 2.05) is 30.9 Å². The van der Waals surface area contributed by atoms with Crippen LogP contribution in [-0.2, 0) is 6.54 Å². The van der Waals surface area contributed by atoms with Crippen molar-refractivity contribution in [3.8, 4) is 0 Å². The Kier molecular flexibility index (Phi) is 3.29. The zero-order valence-electron chi connectivity index (χ0n) is 8.04. The second kappa shape index (κ2) is 4.26. The number of nitrogens with one attached hydrogen (secondary N) is 1. The highest BCUT2D eigenvalue weighted by atomic mass is 15.3. The quantitative estimate of drug-likeness (QED) is 0.730. The first-order chi connectivity index (χ1) is 5.72. The van der Waals surface area contributed by atoms with Crippen LogP contribution in [0.25, 0.3) is 0 Å². The fraction of sp³-hybridized carbons (Fsp3) is 0.667. The maximum Gasteiger partial charge on any atom is 0.0593 e. The summed E-state index contributed by atoms with van der Waals surface area (Å²) in [6.07, 6.45) is 3.15. The molecule has 68 valence electrons. The fourth-order valence-corrected chi connectivity index (χ4v) is 1.06. The zero-order valence-corrected chi connectivity index (χ0v) is 8.04. The molecule has 1 N–H and O–H groups in total. The molecular weight excluding hydrogens is 150 g/mol. The Labute approximate surface area is 73.8 Å². The van der Waals surface area contributed by atoms with Crippen molar-refractivity contribution in [3.63, 3.8) is 0 Å². The molecule has 3 nitrogen and oxygen atoms in total. The van der Waals surface area contributed by atoms with Gasteiger partial charge in [0.15, 0.2) is 0 Å². The first kappa shape index (κ1) is 9.26. The Morgan fingerprint density at radius 2 is 2.42 bits per heavy atom. The van der Waals surface area contributed by atoms with Gasteiger partial charge in [-0.15, -0.1) is 0 Å². The lowest BCUT2D eigenvalue weighted by Crippen LogP contribution is -2.22. The van der Waals surface area contributed by atoms with E-state index in [4.69, 9.17) is 0 Å². The molecule has 0 amide bonds. The van der Waals surface area contributed by atoms with E-state index in [2.05, 4.69) is 17.3 Å². The van der Waals surface area contributed by atoms with Crippen LogP contribution in [0.1, 0.15) is 19.0 Å². The smallest absolute Gasteiger partial charge is 0.0593 e.